The predicted molar refractivity (Wildman–Crippen MR) is 122 cm³/mol. The SMILES string of the molecule is Cc1cc(C)cc(-n2c(C)cc(/C=N\NC(=O)CCSc3ccccc3)c2C)c1. The van der Waals surface area contributed by atoms with Gasteiger partial charge in [0, 0.05) is 39.7 Å². The number of thioether (sulfide) groups is 1. The Morgan fingerprint density at radius 3 is 2.41 bits per heavy atom. The van der Waals surface area contributed by atoms with Crippen LogP contribution in [0.15, 0.2) is 64.6 Å². The van der Waals surface area contributed by atoms with Crippen molar-refractivity contribution in [2.75, 3.05) is 5.75 Å². The van der Waals surface area contributed by atoms with Gasteiger partial charge in [-0.1, -0.05) is 24.3 Å². The van der Waals surface area contributed by atoms with Gasteiger partial charge in [0.15, 0.2) is 0 Å². The van der Waals surface area contributed by atoms with E-state index in [1.54, 1.807) is 18.0 Å². The lowest BCUT2D eigenvalue weighted by Gasteiger charge is -2.11. The number of benzene rings is 2. The molecule has 3 aromatic rings. The zero-order chi connectivity index (χ0) is 20.8. The highest BCUT2D eigenvalue weighted by molar-refractivity contribution is 7.99. The van der Waals surface area contributed by atoms with Crippen molar-refractivity contribution in [2.45, 2.75) is 39.0 Å². The molecule has 1 aromatic heterocycles. The molecule has 150 valence electrons. The molecule has 0 fully saturated rings. The largest absolute Gasteiger partial charge is 0.318 e. The zero-order valence-electron chi connectivity index (χ0n) is 17.4. The smallest absolute Gasteiger partial charge is 0.240 e. The molecule has 0 radical (unpaired) electrons. The maximum absolute atomic E-state index is 12.0. The molecule has 0 atom stereocenters. The van der Waals surface area contributed by atoms with Crippen LogP contribution < -0.4 is 5.43 Å². The summed E-state index contributed by atoms with van der Waals surface area (Å²) in [6.45, 7) is 8.38. The van der Waals surface area contributed by atoms with Crippen LogP contribution in [0.2, 0.25) is 0 Å². The summed E-state index contributed by atoms with van der Waals surface area (Å²) in [5, 5.41) is 4.16. The number of aryl methyl sites for hydroxylation is 3. The molecule has 4 nitrogen and oxygen atoms in total. The highest BCUT2D eigenvalue weighted by Gasteiger charge is 2.10. The summed E-state index contributed by atoms with van der Waals surface area (Å²) < 4.78 is 2.22. The van der Waals surface area contributed by atoms with Crippen LogP contribution in [-0.4, -0.2) is 22.4 Å². The van der Waals surface area contributed by atoms with Crippen LogP contribution in [0.4, 0.5) is 0 Å². The molecule has 0 spiro atoms. The number of carbonyl (C=O) groups excluding carboxylic acids is 1. The van der Waals surface area contributed by atoms with Crippen LogP contribution in [0.25, 0.3) is 5.69 Å². The number of aromatic nitrogens is 1. The molecule has 0 unspecified atom stereocenters. The monoisotopic (exact) mass is 405 g/mol. The summed E-state index contributed by atoms with van der Waals surface area (Å²) in [7, 11) is 0. The molecular weight excluding hydrogens is 378 g/mol. The van der Waals surface area contributed by atoms with E-state index < -0.39 is 0 Å². The van der Waals surface area contributed by atoms with Crippen molar-refractivity contribution in [1.29, 1.82) is 0 Å². The van der Waals surface area contributed by atoms with Gasteiger partial charge in [-0.25, -0.2) is 5.43 Å². The minimum atomic E-state index is -0.0761. The second-order valence-electron chi connectivity index (χ2n) is 7.21. The Bertz CT molecular complexity index is 1000. The summed E-state index contributed by atoms with van der Waals surface area (Å²) in [6.07, 6.45) is 2.15. The number of hydrazone groups is 1. The van der Waals surface area contributed by atoms with Gasteiger partial charge in [-0.2, -0.15) is 5.10 Å². The molecule has 0 saturated heterocycles. The lowest BCUT2D eigenvalue weighted by molar-refractivity contribution is -0.120. The van der Waals surface area contributed by atoms with Gasteiger partial charge in [0.1, 0.15) is 0 Å². The fraction of sp³-hybridized carbons (Fsp3) is 0.250. The van der Waals surface area contributed by atoms with E-state index in [9.17, 15) is 4.79 Å². The van der Waals surface area contributed by atoms with Crippen molar-refractivity contribution < 1.29 is 4.79 Å². The molecule has 0 saturated carbocycles. The first-order valence-electron chi connectivity index (χ1n) is 9.71. The molecule has 3 rings (SSSR count). The molecule has 1 N–H and O–H groups in total. The van der Waals surface area contributed by atoms with Gasteiger partial charge in [0.25, 0.3) is 0 Å². The van der Waals surface area contributed by atoms with Crippen LogP contribution in [-0.2, 0) is 4.79 Å². The Hall–Kier alpha value is -2.79. The Labute approximate surface area is 177 Å². The van der Waals surface area contributed by atoms with E-state index in [-0.39, 0.29) is 5.91 Å². The average molecular weight is 406 g/mol. The zero-order valence-corrected chi connectivity index (χ0v) is 18.2. The van der Waals surface area contributed by atoms with Crippen LogP contribution in [0.5, 0.6) is 0 Å². The van der Waals surface area contributed by atoms with Crippen molar-refractivity contribution in [2.24, 2.45) is 5.10 Å². The number of hydrogen-bond donors (Lipinski definition) is 1. The summed E-state index contributed by atoms with van der Waals surface area (Å²) >= 11 is 1.67. The van der Waals surface area contributed by atoms with Crippen LogP contribution in [0, 0.1) is 27.7 Å². The topological polar surface area (TPSA) is 46.4 Å². The lowest BCUT2D eigenvalue weighted by Crippen LogP contribution is -2.17. The Morgan fingerprint density at radius 2 is 1.72 bits per heavy atom. The van der Waals surface area contributed by atoms with E-state index in [4.69, 9.17) is 0 Å². The van der Waals surface area contributed by atoms with Gasteiger partial charge in [0.05, 0.1) is 6.21 Å². The summed E-state index contributed by atoms with van der Waals surface area (Å²) in [5.41, 5.74) is 9.51. The standard InChI is InChI=1S/C24H27N3OS/c1-17-12-18(2)14-22(13-17)27-19(3)15-21(20(27)4)16-25-26-24(28)10-11-29-23-8-6-5-7-9-23/h5-9,12-16H,10-11H2,1-4H3,(H,26,28)/b25-16-. The Kier molecular flexibility index (Phi) is 6.94. The first-order valence-corrected chi connectivity index (χ1v) is 10.7. The van der Waals surface area contributed by atoms with E-state index in [1.165, 1.54) is 16.0 Å². The van der Waals surface area contributed by atoms with E-state index in [0.29, 0.717) is 6.42 Å². The average Bonchev–Trinajstić information content (AvgIpc) is 2.95. The van der Waals surface area contributed by atoms with Crippen LogP contribution in [0.3, 0.4) is 0 Å². The van der Waals surface area contributed by atoms with Gasteiger partial charge in [-0.15, -0.1) is 11.8 Å². The van der Waals surface area contributed by atoms with Gasteiger partial charge in [0.2, 0.25) is 5.91 Å². The van der Waals surface area contributed by atoms with Crippen LogP contribution >= 0.6 is 11.8 Å². The Morgan fingerprint density at radius 1 is 1.03 bits per heavy atom. The third-order valence-corrected chi connectivity index (χ3v) is 5.68. The van der Waals surface area contributed by atoms with Gasteiger partial charge in [-0.05, 0) is 69.2 Å². The van der Waals surface area contributed by atoms with E-state index in [0.717, 1.165) is 28.4 Å². The predicted octanol–water partition coefficient (Wildman–Crippen LogP) is 5.34. The van der Waals surface area contributed by atoms with E-state index in [2.05, 4.69) is 67.1 Å². The summed E-state index contributed by atoms with van der Waals surface area (Å²) in [6, 6.07) is 18.7. The molecule has 1 amide bonds. The molecule has 29 heavy (non-hydrogen) atoms. The molecule has 0 aliphatic rings. The minimum absolute atomic E-state index is 0.0761. The fourth-order valence-electron chi connectivity index (χ4n) is 3.40. The number of carbonyl (C=O) groups is 1. The van der Waals surface area contributed by atoms with E-state index >= 15 is 0 Å². The molecule has 5 heteroatoms. The van der Waals surface area contributed by atoms with Crippen molar-refractivity contribution in [3.05, 3.63) is 82.7 Å². The molecule has 1 heterocycles. The van der Waals surface area contributed by atoms with Crippen LogP contribution in [0.1, 0.15) is 34.5 Å². The van der Waals surface area contributed by atoms with Crippen molar-refractivity contribution in [1.82, 2.24) is 9.99 Å². The number of amides is 1. The van der Waals surface area contributed by atoms with Crippen molar-refractivity contribution in [3.8, 4) is 5.69 Å². The third-order valence-electron chi connectivity index (χ3n) is 4.67. The lowest BCUT2D eigenvalue weighted by atomic mass is 10.1. The maximum atomic E-state index is 12.0. The van der Waals surface area contributed by atoms with Crippen molar-refractivity contribution in [3.63, 3.8) is 0 Å². The minimum Gasteiger partial charge on any atom is -0.318 e. The Balaban J connectivity index is 1.60. The fourth-order valence-corrected chi connectivity index (χ4v) is 4.28. The quantitative estimate of drug-likeness (QED) is 0.327. The van der Waals surface area contributed by atoms with Crippen molar-refractivity contribution >= 4 is 23.9 Å². The first-order chi connectivity index (χ1) is 13.9. The van der Waals surface area contributed by atoms with Gasteiger partial charge < -0.3 is 4.57 Å². The second-order valence-corrected chi connectivity index (χ2v) is 8.38. The molecule has 2 aromatic carbocycles. The van der Waals surface area contributed by atoms with Gasteiger partial charge >= 0.3 is 0 Å². The molecular formula is C24H27N3OS. The van der Waals surface area contributed by atoms with Gasteiger partial charge in [-0.3, -0.25) is 4.79 Å². The molecule has 0 bridgehead atoms. The third kappa shape index (κ3) is 5.61. The first kappa shape index (κ1) is 20.9. The highest BCUT2D eigenvalue weighted by atomic mass is 32.2. The number of nitrogens with zero attached hydrogens (tertiary/aromatic N) is 2. The summed E-state index contributed by atoms with van der Waals surface area (Å²) in [5.74, 6) is 0.653. The second kappa shape index (κ2) is 9.61. The number of rotatable bonds is 7. The van der Waals surface area contributed by atoms with E-state index in [1.807, 2.05) is 30.3 Å². The number of nitrogens with one attached hydrogen (secondary N) is 1. The maximum Gasteiger partial charge on any atom is 0.240 e. The molecule has 0 aliphatic carbocycles. The normalized spacial score (nSPS) is 11.2. The highest BCUT2D eigenvalue weighted by Crippen LogP contribution is 2.22. The summed E-state index contributed by atoms with van der Waals surface area (Å²) in [4.78, 5) is 13.2. The molecule has 0 aliphatic heterocycles. The number of hydrogen-bond acceptors (Lipinski definition) is 3.